The van der Waals surface area contributed by atoms with Crippen LogP contribution >= 0.6 is 0 Å². The van der Waals surface area contributed by atoms with Crippen LogP contribution in [0.5, 0.6) is 0 Å². The fraction of sp³-hybridized carbons (Fsp3) is 0.417. The second kappa shape index (κ2) is 9.29. The number of amides is 1. The lowest BCUT2D eigenvalue weighted by atomic mass is 10.1. The molecule has 0 aliphatic carbocycles. The largest absolute Gasteiger partial charge is 0.449 e. The second-order valence-electron chi connectivity index (χ2n) is 8.14. The second-order valence-corrected chi connectivity index (χ2v) is 8.14. The Morgan fingerprint density at radius 1 is 1.10 bits per heavy atom. The Morgan fingerprint density at radius 2 is 1.77 bits per heavy atom. The van der Waals surface area contributed by atoms with Gasteiger partial charge in [0.25, 0.3) is 5.91 Å². The molecule has 0 N–H and O–H groups in total. The molecule has 0 bridgehead atoms. The van der Waals surface area contributed by atoms with E-state index < -0.39 is 12.1 Å². The fourth-order valence-electron chi connectivity index (χ4n) is 3.45. The maximum absolute atomic E-state index is 13.1. The van der Waals surface area contributed by atoms with E-state index in [4.69, 9.17) is 9.72 Å². The number of ether oxygens (including phenoxy) is 1. The van der Waals surface area contributed by atoms with Crippen molar-refractivity contribution in [1.29, 1.82) is 0 Å². The van der Waals surface area contributed by atoms with Crippen molar-refractivity contribution in [3.05, 3.63) is 53.9 Å². The first-order valence-electron chi connectivity index (χ1n) is 10.7. The molecule has 0 unspecified atom stereocenters. The normalized spacial score (nSPS) is 12.4. The molecule has 1 aromatic carbocycles. The molecule has 3 aromatic rings. The van der Waals surface area contributed by atoms with E-state index in [0.717, 1.165) is 11.4 Å². The number of fused-ring (bicyclic) bond motifs is 1. The SMILES string of the molecule is CCN(C(=O)[C@H](C)OC(=O)c1cc(C(C)C)nc2c1cnn2C(C)C)c1ccccc1. The average molecular weight is 423 g/mol. The van der Waals surface area contributed by atoms with Crippen molar-refractivity contribution in [3.8, 4) is 0 Å². The molecule has 0 aliphatic heterocycles. The molecule has 0 saturated heterocycles. The highest BCUT2D eigenvalue weighted by molar-refractivity contribution is 6.04. The van der Waals surface area contributed by atoms with Crippen LogP contribution < -0.4 is 4.90 Å². The van der Waals surface area contributed by atoms with Gasteiger partial charge in [0.05, 0.1) is 17.1 Å². The van der Waals surface area contributed by atoms with E-state index in [9.17, 15) is 9.59 Å². The van der Waals surface area contributed by atoms with E-state index in [0.29, 0.717) is 23.1 Å². The Morgan fingerprint density at radius 3 is 2.35 bits per heavy atom. The summed E-state index contributed by atoms with van der Waals surface area (Å²) in [5.74, 6) is -0.698. The quantitative estimate of drug-likeness (QED) is 0.514. The van der Waals surface area contributed by atoms with Crippen LogP contribution in [0.25, 0.3) is 11.0 Å². The molecule has 2 aromatic heterocycles. The van der Waals surface area contributed by atoms with Gasteiger partial charge in [-0.2, -0.15) is 5.10 Å². The first-order chi connectivity index (χ1) is 14.7. The van der Waals surface area contributed by atoms with Gasteiger partial charge in [0, 0.05) is 24.0 Å². The molecule has 0 spiro atoms. The van der Waals surface area contributed by atoms with Crippen LogP contribution in [-0.4, -0.2) is 39.3 Å². The molecule has 3 rings (SSSR count). The van der Waals surface area contributed by atoms with E-state index >= 15 is 0 Å². The summed E-state index contributed by atoms with van der Waals surface area (Å²) in [6.07, 6.45) is 0.705. The predicted octanol–water partition coefficient (Wildman–Crippen LogP) is 4.73. The molecular weight excluding hydrogens is 392 g/mol. The summed E-state index contributed by atoms with van der Waals surface area (Å²) in [4.78, 5) is 32.4. The number of aromatic nitrogens is 3. The molecule has 164 valence electrons. The van der Waals surface area contributed by atoms with Gasteiger partial charge < -0.3 is 9.64 Å². The van der Waals surface area contributed by atoms with Crippen LogP contribution in [0.2, 0.25) is 0 Å². The van der Waals surface area contributed by atoms with Gasteiger partial charge in [-0.25, -0.2) is 14.5 Å². The van der Waals surface area contributed by atoms with Crippen LogP contribution in [-0.2, 0) is 9.53 Å². The number of nitrogens with zero attached hydrogens (tertiary/aromatic N) is 4. The molecular formula is C24H30N4O3. The van der Waals surface area contributed by atoms with E-state index in [1.54, 1.807) is 28.8 Å². The van der Waals surface area contributed by atoms with Crippen LogP contribution in [0.3, 0.4) is 0 Å². The van der Waals surface area contributed by atoms with Gasteiger partial charge in [-0.15, -0.1) is 0 Å². The van der Waals surface area contributed by atoms with Crippen LogP contribution in [0, 0.1) is 0 Å². The van der Waals surface area contributed by atoms with Crippen molar-refractivity contribution in [2.75, 3.05) is 11.4 Å². The zero-order chi connectivity index (χ0) is 22.7. The Kier molecular flexibility index (Phi) is 6.73. The van der Waals surface area contributed by atoms with Gasteiger partial charge in [0.1, 0.15) is 0 Å². The number of pyridine rings is 1. The summed E-state index contributed by atoms with van der Waals surface area (Å²) in [7, 11) is 0. The number of likely N-dealkylation sites (N-methyl/N-ethyl adjacent to an activating group) is 1. The molecule has 1 atom stereocenters. The monoisotopic (exact) mass is 422 g/mol. The van der Waals surface area contributed by atoms with Crippen molar-refractivity contribution in [1.82, 2.24) is 14.8 Å². The Balaban J connectivity index is 1.91. The summed E-state index contributed by atoms with van der Waals surface area (Å²) < 4.78 is 7.41. The van der Waals surface area contributed by atoms with Gasteiger partial charge in [0.2, 0.25) is 0 Å². The fourth-order valence-corrected chi connectivity index (χ4v) is 3.45. The minimum absolute atomic E-state index is 0.0979. The van der Waals surface area contributed by atoms with Crippen molar-refractivity contribution in [2.24, 2.45) is 0 Å². The summed E-state index contributed by atoms with van der Waals surface area (Å²) in [6.45, 7) is 12.0. The number of esters is 1. The molecule has 2 heterocycles. The summed E-state index contributed by atoms with van der Waals surface area (Å²) >= 11 is 0. The van der Waals surface area contributed by atoms with Crippen molar-refractivity contribution < 1.29 is 14.3 Å². The van der Waals surface area contributed by atoms with Crippen LogP contribution in [0.4, 0.5) is 5.69 Å². The Labute approximate surface area is 183 Å². The van der Waals surface area contributed by atoms with E-state index in [1.807, 2.05) is 65.0 Å². The third kappa shape index (κ3) is 4.60. The van der Waals surface area contributed by atoms with Crippen molar-refractivity contribution in [3.63, 3.8) is 0 Å². The molecule has 7 heteroatoms. The number of rotatable bonds is 7. The van der Waals surface area contributed by atoms with Gasteiger partial charge in [-0.3, -0.25) is 4.79 Å². The maximum Gasteiger partial charge on any atom is 0.339 e. The number of benzene rings is 1. The van der Waals surface area contributed by atoms with Gasteiger partial charge in [-0.1, -0.05) is 32.0 Å². The Hall–Kier alpha value is -3.22. The number of hydrogen-bond donors (Lipinski definition) is 0. The highest BCUT2D eigenvalue weighted by Crippen LogP contribution is 2.25. The first kappa shape index (κ1) is 22.5. The molecule has 0 fully saturated rings. The highest BCUT2D eigenvalue weighted by Gasteiger charge is 2.27. The summed E-state index contributed by atoms with van der Waals surface area (Å²) in [6, 6.07) is 11.2. The van der Waals surface area contributed by atoms with E-state index in [1.165, 1.54) is 0 Å². The van der Waals surface area contributed by atoms with Crippen molar-refractivity contribution in [2.45, 2.75) is 59.6 Å². The third-order valence-corrected chi connectivity index (χ3v) is 5.17. The molecule has 7 nitrogen and oxygen atoms in total. The lowest BCUT2D eigenvalue weighted by Gasteiger charge is -2.24. The average Bonchev–Trinajstić information content (AvgIpc) is 3.18. The zero-order valence-electron chi connectivity index (χ0n) is 19.0. The lowest BCUT2D eigenvalue weighted by Crippen LogP contribution is -2.40. The molecule has 1 amide bonds. The minimum Gasteiger partial charge on any atom is -0.449 e. The number of carbonyl (C=O) groups is 2. The molecule has 0 aliphatic rings. The number of anilines is 1. The zero-order valence-corrected chi connectivity index (χ0v) is 19.0. The lowest BCUT2D eigenvalue weighted by molar-refractivity contribution is -0.126. The molecule has 0 saturated carbocycles. The first-order valence-corrected chi connectivity index (χ1v) is 10.7. The molecule has 0 radical (unpaired) electrons. The van der Waals surface area contributed by atoms with Crippen LogP contribution in [0.1, 0.15) is 69.6 Å². The summed E-state index contributed by atoms with van der Waals surface area (Å²) in [5.41, 5.74) is 2.57. The number of carbonyl (C=O) groups excluding carboxylic acids is 2. The number of para-hydroxylation sites is 1. The maximum atomic E-state index is 13.1. The summed E-state index contributed by atoms with van der Waals surface area (Å²) in [5, 5.41) is 5.03. The number of hydrogen-bond acceptors (Lipinski definition) is 5. The molecule has 31 heavy (non-hydrogen) atoms. The Bertz CT molecular complexity index is 1070. The van der Waals surface area contributed by atoms with E-state index in [2.05, 4.69) is 5.10 Å². The predicted molar refractivity (Wildman–Crippen MR) is 121 cm³/mol. The standard InChI is InChI=1S/C24H30N4O3/c1-7-27(18-11-9-8-10-12-18)23(29)17(6)31-24(30)19-13-21(15(2)3)26-22-20(19)14-25-28(22)16(4)5/h8-17H,7H2,1-6H3/t17-/m0/s1. The van der Waals surface area contributed by atoms with Crippen LogP contribution in [0.15, 0.2) is 42.6 Å². The smallest absolute Gasteiger partial charge is 0.339 e. The van der Waals surface area contributed by atoms with E-state index in [-0.39, 0.29) is 17.9 Å². The topological polar surface area (TPSA) is 77.3 Å². The van der Waals surface area contributed by atoms with Gasteiger partial charge in [-0.05, 0) is 51.8 Å². The third-order valence-electron chi connectivity index (χ3n) is 5.17. The highest BCUT2D eigenvalue weighted by atomic mass is 16.5. The van der Waals surface area contributed by atoms with Gasteiger partial charge in [0.15, 0.2) is 11.8 Å². The van der Waals surface area contributed by atoms with Gasteiger partial charge >= 0.3 is 5.97 Å². The minimum atomic E-state index is -0.932. The van der Waals surface area contributed by atoms with Crippen molar-refractivity contribution >= 4 is 28.6 Å².